The van der Waals surface area contributed by atoms with Crippen LogP contribution in [0.4, 0.5) is 0 Å². The Morgan fingerprint density at radius 1 is 1.32 bits per heavy atom. The highest BCUT2D eigenvalue weighted by atomic mass is 16.5. The Kier molecular flexibility index (Phi) is 4.30. The number of carbonyl (C=O) groups is 1. The molecule has 3 aliphatic heterocycles. The minimum Gasteiger partial charge on any atom is -0.492 e. The molecule has 0 aromatic heterocycles. The summed E-state index contributed by atoms with van der Waals surface area (Å²) in [6.45, 7) is 10.2. The first-order valence-electron chi connectivity index (χ1n) is 11.2. The molecule has 4 aliphatic rings. The van der Waals surface area contributed by atoms with Crippen molar-refractivity contribution in [2.45, 2.75) is 57.2 Å². The molecule has 1 amide bonds. The molecule has 166 valence electrons. The predicted molar refractivity (Wildman–Crippen MR) is 119 cm³/mol. The lowest BCUT2D eigenvalue weighted by molar-refractivity contribution is 0.0924. The van der Waals surface area contributed by atoms with Crippen LogP contribution < -0.4 is 20.7 Å². The number of rotatable bonds is 3. The molecule has 8 heteroatoms. The van der Waals surface area contributed by atoms with E-state index in [0.29, 0.717) is 48.7 Å². The third-order valence-corrected chi connectivity index (χ3v) is 7.94. The summed E-state index contributed by atoms with van der Waals surface area (Å²) < 4.78 is 5.96. The van der Waals surface area contributed by atoms with Crippen LogP contribution in [-0.2, 0) is 5.41 Å². The number of ether oxygens (including phenoxy) is 1. The van der Waals surface area contributed by atoms with Crippen molar-refractivity contribution in [1.29, 1.82) is 10.8 Å². The van der Waals surface area contributed by atoms with Crippen molar-refractivity contribution in [2.75, 3.05) is 19.7 Å². The molecular formula is C23H32N6O2. The second kappa shape index (κ2) is 6.61. The maximum atomic E-state index is 13.4. The summed E-state index contributed by atoms with van der Waals surface area (Å²) in [6, 6.07) is 5.83. The van der Waals surface area contributed by atoms with Gasteiger partial charge in [-0.25, -0.2) is 0 Å². The molecule has 3 unspecified atom stereocenters. The number of nitrogens with zero attached hydrogens (tertiary/aromatic N) is 1. The van der Waals surface area contributed by atoms with Gasteiger partial charge in [-0.2, -0.15) is 0 Å². The molecule has 8 nitrogen and oxygen atoms in total. The number of para-hydroxylation sites is 1. The first-order valence-corrected chi connectivity index (χ1v) is 11.2. The number of hydrogen-bond donors (Lipinski definition) is 5. The van der Waals surface area contributed by atoms with E-state index in [-0.39, 0.29) is 34.9 Å². The molecule has 5 N–H and O–H groups in total. The Morgan fingerprint density at radius 3 is 2.84 bits per heavy atom. The highest BCUT2D eigenvalue weighted by molar-refractivity contribution is 5.98. The van der Waals surface area contributed by atoms with Gasteiger partial charge in [0.25, 0.3) is 5.91 Å². The molecule has 3 fully saturated rings. The quantitative estimate of drug-likeness (QED) is 0.374. The van der Waals surface area contributed by atoms with Crippen LogP contribution in [0.1, 0.15) is 50.0 Å². The van der Waals surface area contributed by atoms with Crippen LogP contribution >= 0.6 is 0 Å². The molecule has 1 aromatic carbocycles. The van der Waals surface area contributed by atoms with E-state index in [9.17, 15) is 4.79 Å². The third-order valence-electron chi connectivity index (χ3n) is 7.94. The maximum Gasteiger partial charge on any atom is 0.255 e. The summed E-state index contributed by atoms with van der Waals surface area (Å²) >= 11 is 0. The van der Waals surface area contributed by atoms with Crippen molar-refractivity contribution in [3.63, 3.8) is 0 Å². The van der Waals surface area contributed by atoms with Gasteiger partial charge in [-0.15, -0.1) is 0 Å². The van der Waals surface area contributed by atoms with Crippen molar-refractivity contribution >= 4 is 17.7 Å². The number of hydrogen-bond acceptors (Lipinski definition) is 4. The first kappa shape index (κ1) is 20.2. The summed E-state index contributed by atoms with van der Waals surface area (Å²) in [5, 5.41) is 26.1. The Labute approximate surface area is 183 Å². The smallest absolute Gasteiger partial charge is 0.255 e. The predicted octanol–water partition coefficient (Wildman–Crippen LogP) is 1.66. The molecule has 5 rings (SSSR count). The fourth-order valence-electron chi connectivity index (χ4n) is 6.40. The van der Waals surface area contributed by atoms with Crippen LogP contribution in [0.25, 0.3) is 0 Å². The Bertz CT molecular complexity index is 975. The van der Waals surface area contributed by atoms with Gasteiger partial charge in [-0.05, 0) is 30.7 Å². The Hall–Kier alpha value is -2.77. The molecule has 3 heterocycles. The van der Waals surface area contributed by atoms with E-state index in [1.165, 1.54) is 0 Å². The fraction of sp³-hybridized carbons (Fsp3) is 0.609. The topological polar surface area (TPSA) is 113 Å². The zero-order valence-corrected chi connectivity index (χ0v) is 18.6. The van der Waals surface area contributed by atoms with Gasteiger partial charge in [0, 0.05) is 24.6 Å². The minimum absolute atomic E-state index is 0.0167. The number of amidine groups is 1. The number of benzene rings is 1. The Morgan fingerprint density at radius 2 is 2.10 bits per heavy atom. The number of carbonyl (C=O) groups excluding carboxylic acids is 1. The van der Waals surface area contributed by atoms with Crippen LogP contribution in [0.3, 0.4) is 0 Å². The lowest BCUT2D eigenvalue weighted by Gasteiger charge is -2.43. The zero-order valence-electron chi connectivity index (χ0n) is 18.6. The van der Waals surface area contributed by atoms with Crippen LogP contribution in [0.2, 0.25) is 0 Å². The Balaban J connectivity index is 1.41. The van der Waals surface area contributed by atoms with Crippen molar-refractivity contribution in [3.05, 3.63) is 29.3 Å². The van der Waals surface area contributed by atoms with Gasteiger partial charge in [0.1, 0.15) is 5.75 Å². The van der Waals surface area contributed by atoms with E-state index >= 15 is 0 Å². The maximum absolute atomic E-state index is 13.4. The van der Waals surface area contributed by atoms with E-state index in [0.717, 1.165) is 12.0 Å². The van der Waals surface area contributed by atoms with Crippen molar-refractivity contribution in [1.82, 2.24) is 20.9 Å². The fourth-order valence-corrected chi connectivity index (χ4v) is 6.40. The van der Waals surface area contributed by atoms with E-state index in [1.807, 2.05) is 12.1 Å². The summed E-state index contributed by atoms with van der Waals surface area (Å²) in [5.74, 6) is 2.00. The highest BCUT2D eigenvalue weighted by Crippen LogP contribution is 2.63. The van der Waals surface area contributed by atoms with Crippen LogP contribution in [0, 0.1) is 22.7 Å². The monoisotopic (exact) mass is 424 g/mol. The van der Waals surface area contributed by atoms with E-state index < -0.39 is 0 Å². The van der Waals surface area contributed by atoms with Crippen molar-refractivity contribution in [2.24, 2.45) is 11.8 Å². The normalized spacial score (nSPS) is 34.5. The van der Waals surface area contributed by atoms with Gasteiger partial charge in [0.15, 0.2) is 5.96 Å². The average molecular weight is 425 g/mol. The molecule has 1 saturated carbocycles. The molecule has 2 saturated heterocycles. The minimum atomic E-state index is -0.225. The average Bonchev–Trinajstić information content (AvgIpc) is 3.13. The van der Waals surface area contributed by atoms with Crippen LogP contribution in [0.15, 0.2) is 18.2 Å². The summed E-state index contributed by atoms with van der Waals surface area (Å²) in [4.78, 5) is 15.5. The third kappa shape index (κ3) is 2.76. The van der Waals surface area contributed by atoms with Gasteiger partial charge >= 0.3 is 0 Å². The van der Waals surface area contributed by atoms with E-state index in [1.54, 1.807) is 6.92 Å². The molecule has 0 bridgehead atoms. The van der Waals surface area contributed by atoms with E-state index in [4.69, 9.17) is 15.6 Å². The van der Waals surface area contributed by atoms with Gasteiger partial charge in [-0.1, -0.05) is 32.9 Å². The van der Waals surface area contributed by atoms with Crippen LogP contribution in [-0.4, -0.2) is 59.9 Å². The van der Waals surface area contributed by atoms with Crippen molar-refractivity contribution < 1.29 is 9.53 Å². The number of fused-ring (bicyclic) bond motifs is 1. The SMILES string of the molecule is CC(=N)NC1CNC(=N)N2C[C@H](NC(=O)c3cccc4c3OCCC4(C)C)C3C(C)[C@]132. The molecule has 5 atom stereocenters. The van der Waals surface area contributed by atoms with Gasteiger partial charge in [0.05, 0.1) is 35.6 Å². The summed E-state index contributed by atoms with van der Waals surface area (Å²) in [5.41, 5.74) is 1.44. The van der Waals surface area contributed by atoms with Crippen molar-refractivity contribution in [3.8, 4) is 5.75 Å². The number of amides is 1. The number of piperidine rings is 1. The van der Waals surface area contributed by atoms with Gasteiger partial charge in [-0.3, -0.25) is 15.6 Å². The van der Waals surface area contributed by atoms with Crippen LogP contribution in [0.5, 0.6) is 5.75 Å². The first-order chi connectivity index (χ1) is 14.7. The lowest BCUT2D eigenvalue weighted by Crippen LogP contribution is -2.66. The second-order valence-corrected chi connectivity index (χ2v) is 10.1. The standard InChI is InChI=1S/C23H32N6O2/c1-12-18-16(11-29-21(25)26-10-17(23(12,18)29)27-13(2)24)28-20(30)14-6-5-7-15-19(14)31-9-8-22(15,3)4/h5-7,12,16-18H,8-11H2,1-4H3,(H2,24,27)(H2,25,26)(H,28,30)/t12?,16-,17?,18?,23-/m0/s1. The summed E-state index contributed by atoms with van der Waals surface area (Å²) in [6.07, 6.45) is 0.931. The van der Waals surface area contributed by atoms with E-state index in [2.05, 4.69) is 47.7 Å². The van der Waals surface area contributed by atoms with Gasteiger partial charge in [0.2, 0.25) is 0 Å². The zero-order chi connectivity index (χ0) is 22.1. The summed E-state index contributed by atoms with van der Waals surface area (Å²) in [7, 11) is 0. The van der Waals surface area contributed by atoms with Gasteiger partial charge < -0.3 is 25.6 Å². The molecule has 31 heavy (non-hydrogen) atoms. The molecule has 1 aliphatic carbocycles. The lowest BCUT2D eigenvalue weighted by atomic mass is 9.79. The largest absolute Gasteiger partial charge is 0.492 e. The molecule has 1 spiro atoms. The number of guanidine groups is 1. The molecule has 0 radical (unpaired) electrons. The second-order valence-electron chi connectivity index (χ2n) is 10.1. The molecule has 1 aromatic rings. The highest BCUT2D eigenvalue weighted by Gasteiger charge is 2.77. The molecular weight excluding hydrogens is 392 g/mol. The number of nitrogens with one attached hydrogen (secondary N) is 5.